The zero-order chi connectivity index (χ0) is 20.0. The second-order valence-corrected chi connectivity index (χ2v) is 8.40. The Kier molecular flexibility index (Phi) is 6.48. The molecule has 0 atom stereocenters. The summed E-state index contributed by atoms with van der Waals surface area (Å²) in [6, 6.07) is 10.3. The van der Waals surface area contributed by atoms with Gasteiger partial charge in [0.05, 0.1) is 19.0 Å². The highest BCUT2D eigenvalue weighted by Gasteiger charge is 2.13. The van der Waals surface area contributed by atoms with E-state index in [2.05, 4.69) is 19.9 Å². The third-order valence-electron chi connectivity index (χ3n) is 4.38. The van der Waals surface area contributed by atoms with E-state index >= 15 is 0 Å². The van der Waals surface area contributed by atoms with Crippen LogP contribution in [-0.4, -0.2) is 51.4 Å². The Morgan fingerprint density at radius 2 is 2.00 bits per heavy atom. The van der Waals surface area contributed by atoms with Crippen molar-refractivity contribution >= 4 is 27.4 Å². The van der Waals surface area contributed by atoms with Crippen LogP contribution in [-0.2, 0) is 21.3 Å². The number of sulfonamides is 1. The van der Waals surface area contributed by atoms with Crippen molar-refractivity contribution < 1.29 is 17.9 Å². The van der Waals surface area contributed by atoms with Gasteiger partial charge >= 0.3 is 0 Å². The topological polar surface area (TPSA) is 101 Å². The van der Waals surface area contributed by atoms with E-state index in [4.69, 9.17) is 4.74 Å². The first-order valence-electron chi connectivity index (χ1n) is 9.13. The van der Waals surface area contributed by atoms with Gasteiger partial charge in [0.25, 0.3) is 5.91 Å². The molecule has 0 bridgehead atoms. The lowest BCUT2D eigenvalue weighted by molar-refractivity contribution is 0.0951. The minimum atomic E-state index is -3.39. The number of ether oxygens (including phenoxy) is 1. The van der Waals surface area contributed by atoms with Gasteiger partial charge in [0.2, 0.25) is 10.0 Å². The molecule has 1 aromatic heterocycles. The van der Waals surface area contributed by atoms with Crippen molar-refractivity contribution in [3.05, 3.63) is 53.7 Å². The van der Waals surface area contributed by atoms with Gasteiger partial charge in [-0.1, -0.05) is 12.1 Å². The summed E-state index contributed by atoms with van der Waals surface area (Å²) in [6.07, 6.45) is 1.75. The molecule has 9 heteroatoms. The Balaban J connectivity index is 1.58. The first-order chi connectivity index (χ1) is 13.5. The average Bonchev–Trinajstić information content (AvgIpc) is 2.73. The number of benzene rings is 1. The molecule has 1 amide bonds. The number of amides is 1. The molecule has 150 valence electrons. The van der Waals surface area contributed by atoms with E-state index in [1.807, 2.05) is 12.1 Å². The maximum atomic E-state index is 12.4. The summed E-state index contributed by atoms with van der Waals surface area (Å²) in [4.78, 5) is 19.0. The highest BCUT2D eigenvalue weighted by molar-refractivity contribution is 7.92. The number of pyridine rings is 1. The molecular formula is C19H24N4O4S. The summed E-state index contributed by atoms with van der Waals surface area (Å²) >= 11 is 0. The normalized spacial score (nSPS) is 14.5. The number of aromatic nitrogens is 1. The van der Waals surface area contributed by atoms with Gasteiger partial charge in [-0.05, 0) is 36.8 Å². The Labute approximate surface area is 165 Å². The van der Waals surface area contributed by atoms with Crippen molar-refractivity contribution in [2.75, 3.05) is 41.7 Å². The molecular weight excluding hydrogens is 380 g/mol. The molecule has 0 saturated carbocycles. The standard InChI is InChI=1S/C19H24N4O4S/c1-2-28(25,26)22-17-5-3-4-16(12-17)19(24)21-14-15-6-7-18(20-13-15)23-8-10-27-11-9-23/h3-7,12-13,22H,2,8-11,14H2,1H3,(H,21,24). The molecule has 1 saturated heterocycles. The van der Waals surface area contributed by atoms with Crippen LogP contribution in [0.2, 0.25) is 0 Å². The van der Waals surface area contributed by atoms with E-state index in [1.165, 1.54) is 6.07 Å². The summed E-state index contributed by atoms with van der Waals surface area (Å²) in [5, 5.41) is 2.83. The molecule has 2 aromatic rings. The zero-order valence-corrected chi connectivity index (χ0v) is 16.5. The quantitative estimate of drug-likeness (QED) is 0.727. The van der Waals surface area contributed by atoms with Gasteiger partial charge < -0.3 is 15.0 Å². The van der Waals surface area contributed by atoms with Crippen LogP contribution in [0.5, 0.6) is 0 Å². The summed E-state index contributed by atoms with van der Waals surface area (Å²) in [5.41, 5.74) is 1.63. The van der Waals surface area contributed by atoms with Gasteiger partial charge in [0.15, 0.2) is 0 Å². The second kappa shape index (κ2) is 9.03. The fraction of sp³-hybridized carbons (Fsp3) is 0.368. The van der Waals surface area contributed by atoms with Crippen molar-refractivity contribution in [3.8, 4) is 0 Å². The second-order valence-electron chi connectivity index (χ2n) is 6.39. The lowest BCUT2D eigenvalue weighted by Gasteiger charge is -2.27. The molecule has 1 aliphatic rings. The number of nitrogens with one attached hydrogen (secondary N) is 2. The molecule has 0 unspecified atom stereocenters. The highest BCUT2D eigenvalue weighted by Crippen LogP contribution is 2.14. The first-order valence-corrected chi connectivity index (χ1v) is 10.8. The minimum Gasteiger partial charge on any atom is -0.378 e. The Morgan fingerprint density at radius 3 is 2.68 bits per heavy atom. The van der Waals surface area contributed by atoms with Crippen molar-refractivity contribution in [1.82, 2.24) is 10.3 Å². The summed E-state index contributed by atoms with van der Waals surface area (Å²) < 4.78 is 31.1. The van der Waals surface area contributed by atoms with Crippen LogP contribution >= 0.6 is 0 Å². The van der Waals surface area contributed by atoms with Gasteiger partial charge in [0.1, 0.15) is 5.82 Å². The molecule has 1 fully saturated rings. The van der Waals surface area contributed by atoms with Gasteiger partial charge in [0, 0.05) is 37.1 Å². The van der Waals surface area contributed by atoms with E-state index in [9.17, 15) is 13.2 Å². The van der Waals surface area contributed by atoms with Gasteiger partial charge in [-0.15, -0.1) is 0 Å². The number of hydrogen-bond donors (Lipinski definition) is 2. The first kappa shape index (κ1) is 20.1. The SMILES string of the molecule is CCS(=O)(=O)Nc1cccc(C(=O)NCc2ccc(N3CCOCC3)nc2)c1. The largest absolute Gasteiger partial charge is 0.378 e. The van der Waals surface area contributed by atoms with Crippen LogP contribution in [0, 0.1) is 0 Å². The fourth-order valence-corrected chi connectivity index (χ4v) is 3.39. The zero-order valence-electron chi connectivity index (χ0n) is 15.7. The molecule has 28 heavy (non-hydrogen) atoms. The van der Waals surface area contributed by atoms with Crippen LogP contribution in [0.25, 0.3) is 0 Å². The molecule has 1 aromatic carbocycles. The number of morpholine rings is 1. The van der Waals surface area contributed by atoms with Crippen molar-refractivity contribution in [2.24, 2.45) is 0 Å². The summed E-state index contributed by atoms with van der Waals surface area (Å²) in [7, 11) is -3.39. The number of carbonyl (C=O) groups excluding carboxylic acids is 1. The smallest absolute Gasteiger partial charge is 0.251 e. The lowest BCUT2D eigenvalue weighted by atomic mass is 10.2. The average molecular weight is 404 g/mol. The maximum Gasteiger partial charge on any atom is 0.251 e. The van der Waals surface area contributed by atoms with Gasteiger partial charge in [-0.25, -0.2) is 13.4 Å². The monoisotopic (exact) mass is 404 g/mol. The van der Waals surface area contributed by atoms with E-state index < -0.39 is 10.0 Å². The van der Waals surface area contributed by atoms with Crippen molar-refractivity contribution in [3.63, 3.8) is 0 Å². The molecule has 2 N–H and O–H groups in total. The van der Waals surface area contributed by atoms with Gasteiger partial charge in [-0.2, -0.15) is 0 Å². The Bertz CT molecular complexity index is 910. The van der Waals surface area contributed by atoms with Crippen molar-refractivity contribution in [1.29, 1.82) is 0 Å². The number of carbonyl (C=O) groups is 1. The Hall–Kier alpha value is -2.65. The molecule has 8 nitrogen and oxygen atoms in total. The molecule has 0 aliphatic carbocycles. The number of anilines is 2. The van der Waals surface area contributed by atoms with Crippen LogP contribution in [0.15, 0.2) is 42.6 Å². The molecule has 1 aliphatic heterocycles. The fourth-order valence-electron chi connectivity index (χ4n) is 2.76. The molecule has 0 radical (unpaired) electrons. The lowest BCUT2D eigenvalue weighted by Crippen LogP contribution is -2.36. The predicted molar refractivity (Wildman–Crippen MR) is 108 cm³/mol. The third kappa shape index (κ3) is 5.43. The van der Waals surface area contributed by atoms with E-state index in [0.717, 1.165) is 24.5 Å². The number of nitrogens with zero attached hydrogens (tertiary/aromatic N) is 2. The summed E-state index contributed by atoms with van der Waals surface area (Å²) in [5.74, 6) is 0.584. The van der Waals surface area contributed by atoms with E-state index in [1.54, 1.807) is 31.3 Å². The number of hydrogen-bond acceptors (Lipinski definition) is 6. The molecule has 2 heterocycles. The Morgan fingerprint density at radius 1 is 1.21 bits per heavy atom. The van der Waals surface area contributed by atoms with Gasteiger partial charge in [-0.3, -0.25) is 9.52 Å². The van der Waals surface area contributed by atoms with E-state index in [-0.39, 0.29) is 11.7 Å². The predicted octanol–water partition coefficient (Wildman–Crippen LogP) is 1.61. The molecule has 0 spiro atoms. The molecule has 3 rings (SSSR count). The highest BCUT2D eigenvalue weighted by atomic mass is 32.2. The number of rotatable bonds is 7. The van der Waals surface area contributed by atoms with Crippen LogP contribution in [0.1, 0.15) is 22.8 Å². The summed E-state index contributed by atoms with van der Waals surface area (Å²) in [6.45, 7) is 4.93. The third-order valence-corrected chi connectivity index (χ3v) is 5.68. The van der Waals surface area contributed by atoms with E-state index in [0.29, 0.717) is 31.0 Å². The van der Waals surface area contributed by atoms with Crippen molar-refractivity contribution in [2.45, 2.75) is 13.5 Å². The minimum absolute atomic E-state index is 0.0309. The maximum absolute atomic E-state index is 12.4. The van der Waals surface area contributed by atoms with Crippen LogP contribution in [0.3, 0.4) is 0 Å². The van der Waals surface area contributed by atoms with Crippen LogP contribution in [0.4, 0.5) is 11.5 Å². The van der Waals surface area contributed by atoms with Crippen LogP contribution < -0.4 is 14.9 Å².